The lowest BCUT2D eigenvalue weighted by Crippen LogP contribution is -2.54. The number of sulfonamides is 1. The highest BCUT2D eigenvalue weighted by Crippen LogP contribution is 2.27. The third-order valence-corrected chi connectivity index (χ3v) is 9.31. The number of amides is 2. The van der Waals surface area contributed by atoms with Gasteiger partial charge in [0.1, 0.15) is 18.3 Å². The molecule has 0 aliphatic heterocycles. The van der Waals surface area contributed by atoms with Gasteiger partial charge < -0.3 is 15.0 Å². The fraction of sp³-hybridized carbons (Fsp3) is 0.375. The molecule has 1 aliphatic rings. The smallest absolute Gasteiger partial charge is 0.264 e. The van der Waals surface area contributed by atoms with E-state index in [4.69, 9.17) is 4.74 Å². The third-order valence-electron chi connectivity index (χ3n) is 7.52. The van der Waals surface area contributed by atoms with Crippen molar-refractivity contribution in [3.63, 3.8) is 0 Å². The van der Waals surface area contributed by atoms with E-state index >= 15 is 0 Å². The summed E-state index contributed by atoms with van der Waals surface area (Å²) < 4.78 is 34.3. The molecule has 9 heteroatoms. The standard InChI is InChI=1S/C32H39N3O5S/c1-3-30(32(37)33-26-15-10-11-16-26)34(22-21-25-13-6-4-7-14-25)31(36)24-35(27-17-12-18-28(23-27)40-2)41(38,39)29-19-8-5-9-20-29/h4-9,12-14,17-20,23,26,30H,3,10-11,15-16,21-22,24H2,1-2H3,(H,33,37). The van der Waals surface area contributed by atoms with Gasteiger partial charge in [0.15, 0.2) is 0 Å². The van der Waals surface area contributed by atoms with Gasteiger partial charge in [-0.2, -0.15) is 0 Å². The summed E-state index contributed by atoms with van der Waals surface area (Å²) in [7, 11) is -2.62. The van der Waals surface area contributed by atoms with Gasteiger partial charge in [0.25, 0.3) is 10.0 Å². The van der Waals surface area contributed by atoms with Crippen LogP contribution in [0.4, 0.5) is 5.69 Å². The number of anilines is 1. The van der Waals surface area contributed by atoms with E-state index < -0.39 is 28.5 Å². The summed E-state index contributed by atoms with van der Waals surface area (Å²) in [4.78, 5) is 29.2. The quantitative estimate of drug-likeness (QED) is 0.315. The first kappa shape index (κ1) is 30.1. The van der Waals surface area contributed by atoms with Crippen LogP contribution in [0.15, 0.2) is 89.8 Å². The lowest BCUT2D eigenvalue weighted by atomic mass is 10.1. The molecule has 2 amide bonds. The molecule has 4 rings (SSSR count). The fourth-order valence-corrected chi connectivity index (χ4v) is 6.70. The van der Waals surface area contributed by atoms with Crippen molar-refractivity contribution in [3.8, 4) is 5.75 Å². The second kappa shape index (κ2) is 14.2. The van der Waals surface area contributed by atoms with Crippen LogP contribution in [0.25, 0.3) is 0 Å². The van der Waals surface area contributed by atoms with Crippen molar-refractivity contribution in [2.75, 3.05) is 24.5 Å². The minimum Gasteiger partial charge on any atom is -0.497 e. The zero-order valence-electron chi connectivity index (χ0n) is 23.7. The molecule has 3 aromatic carbocycles. The number of hydrogen-bond donors (Lipinski definition) is 1. The van der Waals surface area contributed by atoms with Gasteiger partial charge in [0, 0.05) is 18.7 Å². The van der Waals surface area contributed by atoms with Gasteiger partial charge in [0.2, 0.25) is 11.8 Å². The number of nitrogens with zero attached hydrogens (tertiary/aromatic N) is 2. The van der Waals surface area contributed by atoms with Crippen LogP contribution in [0, 0.1) is 0 Å². The monoisotopic (exact) mass is 577 g/mol. The number of benzene rings is 3. The average molecular weight is 578 g/mol. The van der Waals surface area contributed by atoms with Crippen LogP contribution in [-0.4, -0.2) is 57.4 Å². The molecule has 0 bridgehead atoms. The maximum absolute atomic E-state index is 14.1. The van der Waals surface area contributed by atoms with Gasteiger partial charge in [-0.3, -0.25) is 13.9 Å². The van der Waals surface area contributed by atoms with E-state index in [-0.39, 0.29) is 23.4 Å². The minimum absolute atomic E-state index is 0.0671. The van der Waals surface area contributed by atoms with Crippen LogP contribution < -0.4 is 14.4 Å². The number of ether oxygens (including phenoxy) is 1. The largest absolute Gasteiger partial charge is 0.497 e. The van der Waals surface area contributed by atoms with Crippen LogP contribution in [0.3, 0.4) is 0 Å². The summed E-state index contributed by atoms with van der Waals surface area (Å²) in [6.07, 6.45) is 4.95. The summed E-state index contributed by atoms with van der Waals surface area (Å²) >= 11 is 0. The van der Waals surface area contributed by atoms with E-state index in [0.29, 0.717) is 24.3 Å². The molecular weight excluding hydrogens is 538 g/mol. The van der Waals surface area contributed by atoms with Crippen molar-refractivity contribution in [2.45, 2.75) is 62.4 Å². The van der Waals surface area contributed by atoms with E-state index in [2.05, 4.69) is 5.32 Å². The highest BCUT2D eigenvalue weighted by Gasteiger charge is 2.34. The molecule has 1 saturated carbocycles. The Morgan fingerprint density at radius 1 is 0.951 bits per heavy atom. The first-order valence-electron chi connectivity index (χ1n) is 14.2. The van der Waals surface area contributed by atoms with Crippen molar-refractivity contribution in [3.05, 3.63) is 90.5 Å². The van der Waals surface area contributed by atoms with Crippen molar-refractivity contribution in [1.82, 2.24) is 10.2 Å². The highest BCUT2D eigenvalue weighted by atomic mass is 32.2. The maximum Gasteiger partial charge on any atom is 0.264 e. The van der Waals surface area contributed by atoms with Crippen molar-refractivity contribution < 1.29 is 22.7 Å². The number of rotatable bonds is 13. The Balaban J connectivity index is 1.67. The van der Waals surface area contributed by atoms with Crippen LogP contribution in [-0.2, 0) is 26.0 Å². The summed E-state index contributed by atoms with van der Waals surface area (Å²) in [6, 6.07) is 23.8. The van der Waals surface area contributed by atoms with Crippen molar-refractivity contribution >= 4 is 27.5 Å². The molecule has 0 radical (unpaired) electrons. The van der Waals surface area contributed by atoms with Crippen LogP contribution in [0.2, 0.25) is 0 Å². The topological polar surface area (TPSA) is 96.0 Å². The maximum atomic E-state index is 14.1. The summed E-state index contributed by atoms with van der Waals surface area (Å²) in [5, 5.41) is 3.14. The molecule has 1 N–H and O–H groups in total. The molecule has 1 atom stereocenters. The number of carbonyl (C=O) groups excluding carboxylic acids is 2. The fourth-order valence-electron chi connectivity index (χ4n) is 5.28. The predicted octanol–water partition coefficient (Wildman–Crippen LogP) is 4.80. The Bertz CT molecular complexity index is 1390. The second-order valence-electron chi connectivity index (χ2n) is 10.3. The molecule has 218 valence electrons. The molecule has 3 aromatic rings. The van der Waals surface area contributed by atoms with Crippen LogP contribution >= 0.6 is 0 Å². The van der Waals surface area contributed by atoms with Crippen LogP contribution in [0.1, 0.15) is 44.6 Å². The Hall–Kier alpha value is -3.85. The average Bonchev–Trinajstić information content (AvgIpc) is 3.51. The van der Waals surface area contributed by atoms with E-state index in [1.807, 2.05) is 37.3 Å². The van der Waals surface area contributed by atoms with E-state index in [0.717, 1.165) is 35.6 Å². The SMILES string of the molecule is CCC(C(=O)NC1CCCC1)N(CCc1ccccc1)C(=O)CN(c1cccc(OC)c1)S(=O)(=O)c1ccccc1. The van der Waals surface area contributed by atoms with Gasteiger partial charge >= 0.3 is 0 Å². The number of nitrogens with one attached hydrogen (secondary N) is 1. The van der Waals surface area contributed by atoms with E-state index in [1.54, 1.807) is 47.4 Å². The van der Waals surface area contributed by atoms with Crippen molar-refractivity contribution in [1.29, 1.82) is 0 Å². The molecular formula is C32H39N3O5S. The molecule has 1 fully saturated rings. The van der Waals surface area contributed by atoms with Gasteiger partial charge in [-0.25, -0.2) is 8.42 Å². The zero-order valence-corrected chi connectivity index (χ0v) is 24.6. The van der Waals surface area contributed by atoms with E-state index in [9.17, 15) is 18.0 Å². The first-order chi connectivity index (χ1) is 19.8. The molecule has 0 heterocycles. The van der Waals surface area contributed by atoms with Crippen molar-refractivity contribution in [2.24, 2.45) is 0 Å². The molecule has 0 aromatic heterocycles. The minimum atomic E-state index is -4.12. The molecule has 1 unspecified atom stereocenters. The Morgan fingerprint density at radius 2 is 1.61 bits per heavy atom. The van der Waals surface area contributed by atoms with Gasteiger partial charge in [-0.15, -0.1) is 0 Å². The Labute approximate surface area is 243 Å². The normalized spacial score (nSPS) is 14.3. The predicted molar refractivity (Wildman–Crippen MR) is 160 cm³/mol. The van der Waals surface area contributed by atoms with Gasteiger partial charge in [0.05, 0.1) is 17.7 Å². The zero-order chi connectivity index (χ0) is 29.2. The molecule has 1 aliphatic carbocycles. The second-order valence-corrected chi connectivity index (χ2v) is 12.1. The van der Waals surface area contributed by atoms with Crippen LogP contribution in [0.5, 0.6) is 5.75 Å². The van der Waals surface area contributed by atoms with Gasteiger partial charge in [-0.05, 0) is 55.5 Å². The number of methoxy groups -OCH3 is 1. The molecule has 41 heavy (non-hydrogen) atoms. The van der Waals surface area contributed by atoms with Gasteiger partial charge in [-0.1, -0.05) is 74.4 Å². The lowest BCUT2D eigenvalue weighted by molar-refractivity contribution is -0.139. The Morgan fingerprint density at radius 3 is 2.24 bits per heavy atom. The highest BCUT2D eigenvalue weighted by molar-refractivity contribution is 7.92. The first-order valence-corrected chi connectivity index (χ1v) is 15.6. The van der Waals surface area contributed by atoms with E-state index in [1.165, 1.54) is 19.2 Å². The summed E-state index contributed by atoms with van der Waals surface area (Å²) in [5.41, 5.74) is 1.32. The Kier molecular flexibility index (Phi) is 10.4. The molecule has 0 saturated heterocycles. The summed E-state index contributed by atoms with van der Waals surface area (Å²) in [5.74, 6) is -0.178. The molecule has 0 spiro atoms. The third kappa shape index (κ3) is 7.67. The number of carbonyl (C=O) groups is 2. The number of hydrogen-bond acceptors (Lipinski definition) is 5. The lowest BCUT2D eigenvalue weighted by Gasteiger charge is -2.33. The molecule has 8 nitrogen and oxygen atoms in total. The summed E-state index contributed by atoms with van der Waals surface area (Å²) in [6.45, 7) is 1.69.